The minimum absolute atomic E-state index is 0.452. The Hall–Kier alpha value is -0.430. The van der Waals surface area contributed by atoms with Crippen molar-refractivity contribution >= 4 is 23.1 Å². The van der Waals surface area contributed by atoms with Crippen molar-refractivity contribution in [1.82, 2.24) is 5.32 Å². The third kappa shape index (κ3) is 4.19. The van der Waals surface area contributed by atoms with Crippen LogP contribution >= 0.6 is 23.1 Å². The summed E-state index contributed by atoms with van der Waals surface area (Å²) in [5.74, 6) is 4.52. The highest BCUT2D eigenvalue weighted by Gasteiger charge is 2.03. The van der Waals surface area contributed by atoms with Crippen molar-refractivity contribution in [1.29, 1.82) is 0 Å². The normalized spacial score (nSPS) is 12.3. The zero-order chi connectivity index (χ0) is 10.2. The van der Waals surface area contributed by atoms with Crippen LogP contribution in [0.1, 0.15) is 18.5 Å². The van der Waals surface area contributed by atoms with Gasteiger partial charge in [-0.25, -0.2) is 0 Å². The first-order chi connectivity index (χ1) is 6.84. The molecule has 1 unspecified atom stereocenters. The highest BCUT2D eigenvalue weighted by Crippen LogP contribution is 2.15. The fourth-order valence-electron chi connectivity index (χ4n) is 1.12. The van der Waals surface area contributed by atoms with Gasteiger partial charge < -0.3 is 5.32 Å². The number of thioether (sulfide) groups is 1. The predicted molar refractivity (Wildman–Crippen MR) is 66.9 cm³/mol. The van der Waals surface area contributed by atoms with Crippen molar-refractivity contribution in [2.45, 2.75) is 13.0 Å². The number of hydrogen-bond donors (Lipinski definition) is 1. The number of thiophene rings is 1. The van der Waals surface area contributed by atoms with Crippen LogP contribution < -0.4 is 5.32 Å². The van der Waals surface area contributed by atoms with Crippen molar-refractivity contribution in [3.05, 3.63) is 22.4 Å². The van der Waals surface area contributed by atoms with Gasteiger partial charge in [-0.15, -0.1) is 18.2 Å². The molecule has 3 heteroatoms. The molecule has 0 radical (unpaired) electrons. The molecule has 0 bridgehead atoms. The van der Waals surface area contributed by atoms with Crippen molar-refractivity contribution in [3.8, 4) is 12.3 Å². The van der Waals surface area contributed by atoms with E-state index in [2.05, 4.69) is 35.0 Å². The van der Waals surface area contributed by atoms with Crippen molar-refractivity contribution in [2.24, 2.45) is 0 Å². The van der Waals surface area contributed by atoms with Gasteiger partial charge >= 0.3 is 0 Å². The summed E-state index contributed by atoms with van der Waals surface area (Å²) < 4.78 is 0. The van der Waals surface area contributed by atoms with Crippen LogP contribution in [-0.4, -0.2) is 18.1 Å². The van der Waals surface area contributed by atoms with Gasteiger partial charge in [-0.1, -0.05) is 5.92 Å². The Kier molecular flexibility index (Phi) is 5.77. The Balaban J connectivity index is 2.10. The van der Waals surface area contributed by atoms with Gasteiger partial charge in [-0.2, -0.15) is 11.3 Å². The first-order valence-electron chi connectivity index (χ1n) is 4.61. The van der Waals surface area contributed by atoms with Gasteiger partial charge in [0.25, 0.3) is 0 Å². The molecule has 1 aromatic rings. The van der Waals surface area contributed by atoms with E-state index >= 15 is 0 Å². The summed E-state index contributed by atoms with van der Waals surface area (Å²) in [7, 11) is 0. The lowest BCUT2D eigenvalue weighted by atomic mass is 10.2. The maximum atomic E-state index is 5.16. The molecule has 0 amide bonds. The van der Waals surface area contributed by atoms with E-state index in [1.54, 1.807) is 23.1 Å². The molecule has 1 N–H and O–H groups in total. The van der Waals surface area contributed by atoms with Gasteiger partial charge in [0.1, 0.15) is 0 Å². The third-order valence-electron chi connectivity index (χ3n) is 1.93. The number of rotatable bonds is 6. The van der Waals surface area contributed by atoms with Gasteiger partial charge in [-0.05, 0) is 29.3 Å². The monoisotopic (exact) mass is 225 g/mol. The molecule has 14 heavy (non-hydrogen) atoms. The Morgan fingerprint density at radius 3 is 3.21 bits per heavy atom. The van der Waals surface area contributed by atoms with Gasteiger partial charge in [0, 0.05) is 18.3 Å². The second kappa shape index (κ2) is 6.94. The summed E-state index contributed by atoms with van der Waals surface area (Å²) in [5.41, 5.74) is 1.37. The summed E-state index contributed by atoms with van der Waals surface area (Å²) in [5, 5.41) is 7.76. The molecule has 0 aliphatic carbocycles. The Bertz CT molecular complexity index is 274. The second-order valence-corrected chi connectivity index (χ2v) is 4.87. The number of nitrogens with one attached hydrogen (secondary N) is 1. The van der Waals surface area contributed by atoms with Crippen LogP contribution in [0.5, 0.6) is 0 Å². The lowest BCUT2D eigenvalue weighted by Gasteiger charge is -2.11. The van der Waals surface area contributed by atoms with Crippen LogP contribution in [0.15, 0.2) is 16.8 Å². The molecule has 0 fully saturated rings. The van der Waals surface area contributed by atoms with E-state index in [-0.39, 0.29) is 0 Å². The van der Waals surface area contributed by atoms with Gasteiger partial charge in [-0.3, -0.25) is 0 Å². The summed E-state index contributed by atoms with van der Waals surface area (Å²) >= 11 is 3.54. The molecule has 1 aromatic heterocycles. The minimum Gasteiger partial charge on any atom is -0.309 e. The Morgan fingerprint density at radius 1 is 1.71 bits per heavy atom. The molecule has 0 aliphatic heterocycles. The van der Waals surface area contributed by atoms with Crippen molar-refractivity contribution in [3.63, 3.8) is 0 Å². The second-order valence-electron chi connectivity index (χ2n) is 2.99. The van der Waals surface area contributed by atoms with E-state index in [4.69, 9.17) is 6.42 Å². The average molecular weight is 225 g/mol. The first-order valence-corrected chi connectivity index (χ1v) is 6.71. The van der Waals surface area contributed by atoms with Crippen LogP contribution in [0.3, 0.4) is 0 Å². The molecule has 76 valence electrons. The maximum absolute atomic E-state index is 5.16. The van der Waals surface area contributed by atoms with E-state index in [9.17, 15) is 0 Å². The number of hydrogen-bond acceptors (Lipinski definition) is 3. The fraction of sp³-hybridized carbons (Fsp3) is 0.455. The minimum atomic E-state index is 0.452. The van der Waals surface area contributed by atoms with E-state index in [0.717, 1.165) is 18.1 Å². The molecular weight excluding hydrogens is 210 g/mol. The maximum Gasteiger partial charge on any atom is 0.0545 e. The zero-order valence-corrected chi connectivity index (χ0v) is 9.96. The van der Waals surface area contributed by atoms with Gasteiger partial charge in [0.15, 0.2) is 0 Å². The van der Waals surface area contributed by atoms with Crippen LogP contribution in [0.2, 0.25) is 0 Å². The summed E-state index contributed by atoms with van der Waals surface area (Å²) in [6.07, 6.45) is 5.16. The van der Waals surface area contributed by atoms with Crippen molar-refractivity contribution < 1.29 is 0 Å². The lowest BCUT2D eigenvalue weighted by molar-refractivity contribution is 0.603. The highest BCUT2D eigenvalue weighted by atomic mass is 32.2. The molecular formula is C11H15NS2. The van der Waals surface area contributed by atoms with Crippen molar-refractivity contribution in [2.75, 3.05) is 18.1 Å². The molecule has 0 aromatic carbocycles. The SMILES string of the molecule is C#CCSCCNC(C)c1ccsc1. The number of terminal acetylenes is 1. The standard InChI is InChI=1S/C11H15NS2/c1-3-6-13-8-5-12-10(2)11-4-7-14-9-11/h1,4,7,9-10,12H,5-6,8H2,2H3. The average Bonchev–Trinajstić information content (AvgIpc) is 2.70. The van der Waals surface area contributed by atoms with E-state index in [0.29, 0.717) is 6.04 Å². The predicted octanol–water partition coefficient (Wildman–Crippen LogP) is 2.77. The molecule has 1 rings (SSSR count). The van der Waals surface area contributed by atoms with Crippen LogP contribution in [0.25, 0.3) is 0 Å². The third-order valence-corrected chi connectivity index (χ3v) is 3.49. The molecule has 0 saturated carbocycles. The van der Waals surface area contributed by atoms with Gasteiger partial charge in [0.2, 0.25) is 0 Å². The summed E-state index contributed by atoms with van der Waals surface area (Å²) in [4.78, 5) is 0. The van der Waals surface area contributed by atoms with E-state index in [1.807, 2.05) is 0 Å². The highest BCUT2D eigenvalue weighted by molar-refractivity contribution is 7.99. The largest absolute Gasteiger partial charge is 0.309 e. The van der Waals surface area contributed by atoms with E-state index in [1.165, 1.54) is 5.56 Å². The summed E-state index contributed by atoms with van der Waals surface area (Å²) in [6, 6.07) is 2.62. The van der Waals surface area contributed by atoms with E-state index < -0.39 is 0 Å². The molecule has 1 atom stereocenters. The molecule has 1 heterocycles. The smallest absolute Gasteiger partial charge is 0.0545 e. The summed E-state index contributed by atoms with van der Waals surface area (Å²) in [6.45, 7) is 3.21. The molecule has 0 spiro atoms. The lowest BCUT2D eigenvalue weighted by Crippen LogP contribution is -2.20. The topological polar surface area (TPSA) is 12.0 Å². The fourth-order valence-corrected chi connectivity index (χ4v) is 2.40. The Labute approximate surface area is 94.3 Å². The van der Waals surface area contributed by atoms with Crippen LogP contribution in [-0.2, 0) is 0 Å². The molecule has 0 aliphatic rings. The molecule has 0 saturated heterocycles. The first kappa shape index (κ1) is 11.6. The van der Waals surface area contributed by atoms with Gasteiger partial charge in [0.05, 0.1) is 5.75 Å². The zero-order valence-electron chi connectivity index (χ0n) is 8.32. The van der Waals surface area contributed by atoms with Crippen LogP contribution in [0.4, 0.5) is 0 Å². The quantitative estimate of drug-likeness (QED) is 0.590. The Morgan fingerprint density at radius 2 is 2.57 bits per heavy atom. The molecule has 1 nitrogen and oxygen atoms in total. The van der Waals surface area contributed by atoms with Crippen LogP contribution in [0, 0.1) is 12.3 Å².